The van der Waals surface area contributed by atoms with E-state index >= 15 is 0 Å². The Kier molecular flexibility index (Phi) is 4.37. The highest BCUT2D eigenvalue weighted by atomic mass is 32.2. The van der Waals surface area contributed by atoms with Gasteiger partial charge in [-0.15, -0.1) is 0 Å². The fourth-order valence-corrected chi connectivity index (χ4v) is 3.23. The highest BCUT2D eigenvalue weighted by molar-refractivity contribution is 7.86. The molecule has 0 aromatic heterocycles. The van der Waals surface area contributed by atoms with Crippen LogP contribution in [0.25, 0.3) is 0 Å². The summed E-state index contributed by atoms with van der Waals surface area (Å²) < 4.78 is 29.3. The molecular weight excluding hydrogens is 264 g/mol. The number of benzene rings is 1. The second kappa shape index (κ2) is 5.84. The van der Waals surface area contributed by atoms with E-state index in [1.54, 1.807) is 12.1 Å². The van der Waals surface area contributed by atoms with Crippen molar-refractivity contribution in [1.82, 2.24) is 0 Å². The van der Waals surface area contributed by atoms with Gasteiger partial charge in [0, 0.05) is 6.42 Å². The maximum absolute atomic E-state index is 12.1. The van der Waals surface area contributed by atoms with Crippen molar-refractivity contribution in [2.24, 2.45) is 0 Å². The molecule has 0 aliphatic heterocycles. The topological polar surface area (TPSA) is 60.4 Å². The minimum Gasteiger partial charge on any atom is -0.297 e. The number of rotatable bonds is 3. The van der Waals surface area contributed by atoms with Gasteiger partial charge in [-0.2, -0.15) is 8.42 Å². The molecule has 1 aliphatic rings. The number of ketones is 1. The van der Waals surface area contributed by atoms with Crippen LogP contribution in [-0.4, -0.2) is 20.3 Å². The molecule has 0 amide bonds. The van der Waals surface area contributed by atoms with E-state index in [0.29, 0.717) is 12.8 Å². The lowest BCUT2D eigenvalue weighted by molar-refractivity contribution is -0.125. The standard InChI is InChI=1S/C14H18O4S/c1-11-7-9-12(10-8-11)19(16,17)18-14-6-4-2-3-5-13(14)15/h7-10,14H,2-6H2,1H3/t14-/m0/s1. The Morgan fingerprint density at radius 3 is 2.47 bits per heavy atom. The number of Topliss-reactive ketones (excluding diaryl/α,β-unsaturated/α-hetero) is 1. The second-order valence-electron chi connectivity index (χ2n) is 4.92. The molecule has 0 bridgehead atoms. The third kappa shape index (κ3) is 3.64. The lowest BCUT2D eigenvalue weighted by Crippen LogP contribution is -2.26. The first-order valence-electron chi connectivity index (χ1n) is 6.52. The van der Waals surface area contributed by atoms with Crippen molar-refractivity contribution >= 4 is 15.9 Å². The summed E-state index contributed by atoms with van der Waals surface area (Å²) in [7, 11) is -3.85. The number of aryl methyl sites for hydroxylation is 1. The van der Waals surface area contributed by atoms with Crippen LogP contribution < -0.4 is 0 Å². The summed E-state index contributed by atoms with van der Waals surface area (Å²) >= 11 is 0. The van der Waals surface area contributed by atoms with Crippen molar-refractivity contribution < 1.29 is 17.4 Å². The Hall–Kier alpha value is -1.20. The van der Waals surface area contributed by atoms with Gasteiger partial charge in [-0.25, -0.2) is 0 Å². The van der Waals surface area contributed by atoms with Gasteiger partial charge in [-0.1, -0.05) is 30.5 Å². The zero-order valence-electron chi connectivity index (χ0n) is 11.0. The van der Waals surface area contributed by atoms with Crippen LogP contribution in [0.15, 0.2) is 29.2 Å². The molecule has 5 heteroatoms. The zero-order chi connectivity index (χ0) is 13.9. The molecule has 0 saturated heterocycles. The fraction of sp³-hybridized carbons (Fsp3) is 0.500. The Labute approximate surface area is 113 Å². The summed E-state index contributed by atoms with van der Waals surface area (Å²) in [5.41, 5.74) is 0.976. The molecule has 4 nitrogen and oxygen atoms in total. The first-order chi connectivity index (χ1) is 8.99. The summed E-state index contributed by atoms with van der Waals surface area (Å²) in [5.74, 6) is -0.104. The molecule has 0 spiro atoms. The van der Waals surface area contributed by atoms with Gasteiger partial charge in [0.25, 0.3) is 10.1 Å². The average Bonchev–Trinajstić information content (AvgIpc) is 2.55. The van der Waals surface area contributed by atoms with Gasteiger partial charge in [0.2, 0.25) is 0 Å². The summed E-state index contributed by atoms with van der Waals surface area (Å²) in [6.45, 7) is 1.88. The van der Waals surface area contributed by atoms with Gasteiger partial charge in [0.05, 0.1) is 4.90 Å². The molecule has 1 aliphatic carbocycles. The quantitative estimate of drug-likeness (QED) is 0.631. The van der Waals surface area contributed by atoms with Crippen molar-refractivity contribution in [3.8, 4) is 0 Å². The van der Waals surface area contributed by atoms with Crippen LogP contribution in [0, 0.1) is 6.92 Å². The number of hydrogen-bond donors (Lipinski definition) is 0. The van der Waals surface area contributed by atoms with Crippen molar-refractivity contribution in [2.45, 2.75) is 50.0 Å². The maximum Gasteiger partial charge on any atom is 0.297 e. The number of carbonyl (C=O) groups excluding carboxylic acids is 1. The van der Waals surface area contributed by atoms with E-state index in [4.69, 9.17) is 4.18 Å². The van der Waals surface area contributed by atoms with E-state index in [2.05, 4.69) is 0 Å². The molecule has 104 valence electrons. The summed E-state index contributed by atoms with van der Waals surface area (Å²) in [4.78, 5) is 11.9. The second-order valence-corrected chi connectivity index (χ2v) is 6.49. The van der Waals surface area contributed by atoms with Gasteiger partial charge in [0.1, 0.15) is 6.10 Å². The molecule has 2 rings (SSSR count). The number of hydrogen-bond acceptors (Lipinski definition) is 4. The van der Waals surface area contributed by atoms with Crippen LogP contribution in [0.2, 0.25) is 0 Å². The molecule has 0 heterocycles. The maximum atomic E-state index is 12.1. The van der Waals surface area contributed by atoms with E-state index < -0.39 is 16.2 Å². The Balaban J connectivity index is 2.16. The van der Waals surface area contributed by atoms with Crippen molar-refractivity contribution in [1.29, 1.82) is 0 Å². The predicted octanol–water partition coefficient (Wildman–Crippen LogP) is 2.60. The van der Waals surface area contributed by atoms with Crippen LogP contribution >= 0.6 is 0 Å². The molecule has 1 atom stereocenters. The van der Waals surface area contributed by atoms with E-state index in [1.807, 2.05) is 6.92 Å². The van der Waals surface area contributed by atoms with Gasteiger partial charge in [-0.3, -0.25) is 8.98 Å². The first kappa shape index (κ1) is 14.2. The Morgan fingerprint density at radius 1 is 1.11 bits per heavy atom. The normalized spacial score (nSPS) is 21.1. The monoisotopic (exact) mass is 282 g/mol. The Morgan fingerprint density at radius 2 is 1.79 bits per heavy atom. The molecular formula is C14H18O4S. The summed E-state index contributed by atoms with van der Waals surface area (Å²) in [6.07, 6.45) is 2.70. The molecule has 1 saturated carbocycles. The summed E-state index contributed by atoms with van der Waals surface area (Å²) in [5, 5.41) is 0. The largest absolute Gasteiger partial charge is 0.297 e. The lowest BCUT2D eigenvalue weighted by atomic mass is 10.1. The van der Waals surface area contributed by atoms with Gasteiger partial charge < -0.3 is 0 Å². The van der Waals surface area contributed by atoms with Crippen LogP contribution in [0.4, 0.5) is 0 Å². The lowest BCUT2D eigenvalue weighted by Gasteiger charge is -2.14. The minimum atomic E-state index is -3.85. The average molecular weight is 282 g/mol. The molecule has 1 fully saturated rings. The van der Waals surface area contributed by atoms with Crippen LogP contribution in [0.3, 0.4) is 0 Å². The minimum absolute atomic E-state index is 0.104. The molecule has 1 aromatic carbocycles. The van der Waals surface area contributed by atoms with E-state index in [0.717, 1.165) is 24.8 Å². The third-order valence-corrected chi connectivity index (χ3v) is 4.64. The van der Waals surface area contributed by atoms with Crippen LogP contribution in [0.1, 0.15) is 37.7 Å². The van der Waals surface area contributed by atoms with Crippen molar-refractivity contribution in [2.75, 3.05) is 0 Å². The Bertz CT molecular complexity index is 545. The number of carbonyl (C=O) groups is 1. The molecule has 0 unspecified atom stereocenters. The van der Waals surface area contributed by atoms with Gasteiger partial charge in [-0.05, 0) is 31.9 Å². The van der Waals surface area contributed by atoms with E-state index in [-0.39, 0.29) is 10.7 Å². The first-order valence-corrected chi connectivity index (χ1v) is 7.92. The van der Waals surface area contributed by atoms with Crippen LogP contribution in [0.5, 0.6) is 0 Å². The van der Waals surface area contributed by atoms with Crippen molar-refractivity contribution in [3.63, 3.8) is 0 Å². The summed E-state index contributed by atoms with van der Waals surface area (Å²) in [6, 6.07) is 6.44. The predicted molar refractivity (Wildman–Crippen MR) is 71.3 cm³/mol. The molecule has 1 aromatic rings. The van der Waals surface area contributed by atoms with Gasteiger partial charge in [0.15, 0.2) is 5.78 Å². The van der Waals surface area contributed by atoms with Crippen molar-refractivity contribution in [3.05, 3.63) is 29.8 Å². The zero-order valence-corrected chi connectivity index (χ0v) is 11.8. The highest BCUT2D eigenvalue weighted by Crippen LogP contribution is 2.22. The van der Waals surface area contributed by atoms with E-state index in [1.165, 1.54) is 12.1 Å². The van der Waals surface area contributed by atoms with Crippen LogP contribution in [-0.2, 0) is 19.1 Å². The third-order valence-electron chi connectivity index (χ3n) is 3.30. The van der Waals surface area contributed by atoms with Gasteiger partial charge >= 0.3 is 0 Å². The highest BCUT2D eigenvalue weighted by Gasteiger charge is 2.28. The molecule has 19 heavy (non-hydrogen) atoms. The smallest absolute Gasteiger partial charge is 0.297 e. The fourth-order valence-electron chi connectivity index (χ4n) is 2.14. The SMILES string of the molecule is Cc1ccc(S(=O)(=O)O[C@H]2CCCCCC2=O)cc1. The molecule has 0 N–H and O–H groups in total. The molecule has 0 radical (unpaired) electrons. The van der Waals surface area contributed by atoms with E-state index in [9.17, 15) is 13.2 Å².